The molecule has 166 valence electrons. The maximum atomic E-state index is 13.6. The van der Waals surface area contributed by atoms with E-state index in [0.29, 0.717) is 11.3 Å². The molecule has 6 heteroatoms. The Labute approximate surface area is 192 Å². The summed E-state index contributed by atoms with van der Waals surface area (Å²) < 4.78 is 7.35. The molecule has 0 radical (unpaired) electrons. The van der Waals surface area contributed by atoms with Gasteiger partial charge in [0, 0.05) is 11.4 Å². The lowest BCUT2D eigenvalue weighted by molar-refractivity contribution is -0.113. The summed E-state index contributed by atoms with van der Waals surface area (Å²) in [7, 11) is 1.62. The zero-order valence-electron chi connectivity index (χ0n) is 18.9. The third-order valence-corrected chi connectivity index (χ3v) is 6.13. The Hall–Kier alpha value is -4.06. The molecule has 2 N–H and O–H groups in total. The van der Waals surface area contributed by atoms with Gasteiger partial charge in [0.05, 0.1) is 29.8 Å². The Morgan fingerprint density at radius 1 is 1.06 bits per heavy atom. The second kappa shape index (κ2) is 8.47. The monoisotopic (exact) mass is 438 g/mol. The Bertz CT molecular complexity index is 1350. The van der Waals surface area contributed by atoms with E-state index in [-0.39, 0.29) is 11.9 Å². The van der Waals surface area contributed by atoms with Crippen molar-refractivity contribution in [2.75, 3.05) is 17.7 Å². The molecule has 0 bridgehead atoms. The van der Waals surface area contributed by atoms with E-state index in [2.05, 4.69) is 46.4 Å². The lowest BCUT2D eigenvalue weighted by Gasteiger charge is -2.31. The molecule has 6 nitrogen and oxygen atoms in total. The molecule has 0 saturated heterocycles. The number of allylic oxidation sites excluding steroid dienone is 1. The minimum absolute atomic E-state index is 0.154. The lowest BCUT2D eigenvalue weighted by Crippen LogP contribution is -2.30. The Morgan fingerprint density at radius 2 is 1.79 bits per heavy atom. The normalized spacial score (nSPS) is 15.2. The third kappa shape index (κ3) is 3.74. The number of ether oxygens (including phenoxy) is 1. The fourth-order valence-electron chi connectivity index (χ4n) is 4.38. The number of benzene rings is 3. The van der Waals surface area contributed by atoms with Crippen molar-refractivity contribution in [3.8, 4) is 5.75 Å². The van der Waals surface area contributed by atoms with E-state index in [0.717, 1.165) is 40.4 Å². The van der Waals surface area contributed by atoms with Crippen molar-refractivity contribution in [1.82, 2.24) is 9.55 Å². The van der Waals surface area contributed by atoms with Crippen molar-refractivity contribution in [2.45, 2.75) is 26.3 Å². The molecule has 3 aromatic carbocycles. The summed E-state index contributed by atoms with van der Waals surface area (Å²) in [5.41, 5.74) is 6.32. The molecule has 0 aliphatic carbocycles. The zero-order chi connectivity index (χ0) is 22.9. The molecule has 1 aliphatic heterocycles. The van der Waals surface area contributed by atoms with Crippen molar-refractivity contribution < 1.29 is 9.53 Å². The maximum absolute atomic E-state index is 13.6. The van der Waals surface area contributed by atoms with Crippen LogP contribution in [-0.4, -0.2) is 22.6 Å². The Kier molecular flexibility index (Phi) is 5.34. The predicted octanol–water partition coefficient (Wildman–Crippen LogP) is 5.53. The highest BCUT2D eigenvalue weighted by Crippen LogP contribution is 2.39. The van der Waals surface area contributed by atoms with Gasteiger partial charge < -0.3 is 15.4 Å². The average Bonchev–Trinajstić information content (AvgIpc) is 3.21. The highest BCUT2D eigenvalue weighted by Gasteiger charge is 2.34. The number of hydrogen-bond donors (Lipinski definition) is 2. The van der Waals surface area contributed by atoms with Crippen LogP contribution >= 0.6 is 0 Å². The topological polar surface area (TPSA) is 68.2 Å². The van der Waals surface area contributed by atoms with Gasteiger partial charge in [0.1, 0.15) is 5.75 Å². The van der Waals surface area contributed by atoms with E-state index >= 15 is 0 Å². The third-order valence-electron chi connectivity index (χ3n) is 6.13. The summed E-state index contributed by atoms with van der Waals surface area (Å²) in [5, 5.41) is 6.42. The SMILES string of the molecule is CCc1ccc([C@@H]2C(C(=O)Nc3ccc(OC)cc3)=C(C)Nc3nc4ccccc4n32)cc1. The van der Waals surface area contributed by atoms with Crippen molar-refractivity contribution in [2.24, 2.45) is 0 Å². The number of carbonyl (C=O) groups excluding carboxylic acids is 1. The first-order valence-corrected chi connectivity index (χ1v) is 11.1. The summed E-state index contributed by atoms with van der Waals surface area (Å²) >= 11 is 0. The standard InChI is InChI=1S/C27H26N4O2/c1-4-18-9-11-19(12-10-18)25-24(26(32)29-20-13-15-21(33-3)16-14-20)17(2)28-27-30-22-7-5-6-8-23(22)31(25)27/h5-16,25H,4H2,1-3H3,(H,28,30)(H,29,32)/t25-/m1/s1. The molecule has 1 aromatic heterocycles. The van der Waals surface area contributed by atoms with E-state index in [9.17, 15) is 4.79 Å². The molecule has 1 atom stereocenters. The number of anilines is 2. The number of carbonyl (C=O) groups is 1. The number of rotatable bonds is 5. The van der Waals surface area contributed by atoms with Crippen LogP contribution in [0.1, 0.15) is 31.0 Å². The number of hydrogen-bond acceptors (Lipinski definition) is 4. The van der Waals surface area contributed by atoms with Crippen LogP contribution in [0.2, 0.25) is 0 Å². The van der Waals surface area contributed by atoms with E-state index in [1.165, 1.54) is 5.56 Å². The van der Waals surface area contributed by atoms with E-state index in [1.54, 1.807) is 7.11 Å². The van der Waals surface area contributed by atoms with Gasteiger partial charge in [-0.1, -0.05) is 43.3 Å². The lowest BCUT2D eigenvalue weighted by atomic mass is 9.93. The average molecular weight is 439 g/mol. The van der Waals surface area contributed by atoms with Crippen LogP contribution in [0.15, 0.2) is 84.1 Å². The number of methoxy groups -OCH3 is 1. The number of para-hydroxylation sites is 2. The van der Waals surface area contributed by atoms with Gasteiger partial charge in [-0.3, -0.25) is 9.36 Å². The van der Waals surface area contributed by atoms with Crippen LogP contribution in [0.5, 0.6) is 5.75 Å². The first-order valence-electron chi connectivity index (χ1n) is 11.1. The number of imidazole rings is 1. The maximum Gasteiger partial charge on any atom is 0.255 e. The molecule has 1 amide bonds. The van der Waals surface area contributed by atoms with Crippen LogP contribution in [0, 0.1) is 0 Å². The molecular weight excluding hydrogens is 412 g/mol. The van der Waals surface area contributed by atoms with Crippen LogP contribution < -0.4 is 15.4 Å². The van der Waals surface area contributed by atoms with Crippen LogP contribution in [0.25, 0.3) is 11.0 Å². The summed E-state index contributed by atoms with van der Waals surface area (Å²) in [6, 6.07) is 23.5. The van der Waals surface area contributed by atoms with Crippen LogP contribution in [-0.2, 0) is 11.2 Å². The van der Waals surface area contributed by atoms with Gasteiger partial charge >= 0.3 is 0 Å². The highest BCUT2D eigenvalue weighted by molar-refractivity contribution is 6.06. The predicted molar refractivity (Wildman–Crippen MR) is 132 cm³/mol. The van der Waals surface area contributed by atoms with Gasteiger partial charge in [-0.15, -0.1) is 0 Å². The summed E-state index contributed by atoms with van der Waals surface area (Å²) in [6.45, 7) is 4.07. The van der Waals surface area contributed by atoms with Gasteiger partial charge in [0.15, 0.2) is 0 Å². The van der Waals surface area contributed by atoms with Crippen molar-refractivity contribution in [3.05, 3.63) is 95.2 Å². The van der Waals surface area contributed by atoms with Gasteiger partial charge in [-0.05, 0) is 60.9 Å². The summed E-state index contributed by atoms with van der Waals surface area (Å²) in [6.07, 6.45) is 0.964. The largest absolute Gasteiger partial charge is 0.497 e. The first kappa shape index (κ1) is 20.8. The van der Waals surface area contributed by atoms with E-state index < -0.39 is 0 Å². The fourth-order valence-corrected chi connectivity index (χ4v) is 4.38. The molecular formula is C27H26N4O2. The minimum Gasteiger partial charge on any atom is -0.497 e. The second-order valence-corrected chi connectivity index (χ2v) is 8.14. The van der Waals surface area contributed by atoms with E-state index in [4.69, 9.17) is 9.72 Å². The van der Waals surface area contributed by atoms with Gasteiger partial charge in [0.25, 0.3) is 5.91 Å². The zero-order valence-corrected chi connectivity index (χ0v) is 18.9. The van der Waals surface area contributed by atoms with Crippen molar-refractivity contribution in [1.29, 1.82) is 0 Å². The van der Waals surface area contributed by atoms with Crippen molar-refractivity contribution in [3.63, 3.8) is 0 Å². The number of nitrogens with one attached hydrogen (secondary N) is 2. The number of amides is 1. The van der Waals surface area contributed by atoms with Crippen molar-refractivity contribution >= 4 is 28.6 Å². The molecule has 5 rings (SSSR count). The number of aromatic nitrogens is 2. The molecule has 0 unspecified atom stereocenters. The molecule has 2 heterocycles. The summed E-state index contributed by atoms with van der Waals surface area (Å²) in [4.78, 5) is 18.4. The van der Waals surface area contributed by atoms with Crippen LogP contribution in [0.3, 0.4) is 0 Å². The number of nitrogens with zero attached hydrogens (tertiary/aromatic N) is 2. The van der Waals surface area contributed by atoms with Gasteiger partial charge in [-0.2, -0.15) is 0 Å². The number of aryl methyl sites for hydroxylation is 1. The number of fused-ring (bicyclic) bond motifs is 3. The molecule has 0 spiro atoms. The molecule has 4 aromatic rings. The molecule has 0 fully saturated rings. The second-order valence-electron chi connectivity index (χ2n) is 8.14. The first-order chi connectivity index (χ1) is 16.1. The molecule has 1 aliphatic rings. The van der Waals surface area contributed by atoms with Gasteiger partial charge in [0.2, 0.25) is 5.95 Å². The smallest absolute Gasteiger partial charge is 0.255 e. The van der Waals surface area contributed by atoms with Gasteiger partial charge in [-0.25, -0.2) is 4.98 Å². The van der Waals surface area contributed by atoms with E-state index in [1.807, 2.05) is 55.5 Å². The molecule has 0 saturated carbocycles. The Balaban J connectivity index is 1.61. The molecule has 33 heavy (non-hydrogen) atoms. The Morgan fingerprint density at radius 3 is 2.48 bits per heavy atom. The summed E-state index contributed by atoms with van der Waals surface area (Å²) in [5.74, 6) is 1.32. The van der Waals surface area contributed by atoms with Crippen LogP contribution in [0.4, 0.5) is 11.6 Å². The highest BCUT2D eigenvalue weighted by atomic mass is 16.5. The minimum atomic E-state index is -0.308. The fraction of sp³-hybridized carbons (Fsp3) is 0.185. The quantitative estimate of drug-likeness (QED) is 0.430.